The van der Waals surface area contributed by atoms with E-state index in [2.05, 4.69) is 88.0 Å². The lowest BCUT2D eigenvalue weighted by Gasteiger charge is -2.40. The SMILES string of the molecule is CC1(C)CC=C(c2nc(C34CC3C3(C)C=CC(C)(C4)O3)ccc2NC(=O)c2nc(C#N)cn2COCC[Si](C)(C)C)CC1. The van der Waals surface area contributed by atoms with Gasteiger partial charge in [-0.1, -0.05) is 51.7 Å². The highest BCUT2D eigenvalue weighted by atomic mass is 28.3. The highest BCUT2D eigenvalue weighted by Gasteiger charge is 2.71. The van der Waals surface area contributed by atoms with E-state index < -0.39 is 8.07 Å². The molecule has 1 amide bonds. The van der Waals surface area contributed by atoms with E-state index in [0.29, 0.717) is 18.2 Å². The first-order chi connectivity index (χ1) is 20.1. The van der Waals surface area contributed by atoms with Crippen molar-refractivity contribution in [2.75, 3.05) is 11.9 Å². The van der Waals surface area contributed by atoms with Gasteiger partial charge in [-0.3, -0.25) is 9.78 Å². The number of imidazole rings is 1. The van der Waals surface area contributed by atoms with Crippen molar-refractivity contribution in [2.45, 2.75) is 109 Å². The fraction of sp³-hybridized carbons (Fsp3) is 0.588. The van der Waals surface area contributed by atoms with Crippen molar-refractivity contribution < 1.29 is 14.3 Å². The van der Waals surface area contributed by atoms with Gasteiger partial charge in [0.25, 0.3) is 5.91 Å². The van der Waals surface area contributed by atoms with E-state index in [1.807, 2.05) is 6.07 Å². The summed E-state index contributed by atoms with van der Waals surface area (Å²) in [5.74, 6) is 0.176. The number of hydrogen-bond acceptors (Lipinski definition) is 6. The summed E-state index contributed by atoms with van der Waals surface area (Å²) in [6, 6.07) is 7.19. The van der Waals surface area contributed by atoms with Crippen LogP contribution in [0, 0.1) is 22.7 Å². The van der Waals surface area contributed by atoms with E-state index >= 15 is 0 Å². The summed E-state index contributed by atoms with van der Waals surface area (Å²) in [5.41, 5.74) is 3.64. The number of hydrogen-bond donors (Lipinski definition) is 1. The molecule has 0 aromatic carbocycles. The van der Waals surface area contributed by atoms with Gasteiger partial charge in [0, 0.05) is 37.9 Å². The third-order valence-electron chi connectivity index (χ3n) is 9.90. The monoisotopic (exact) mass is 599 g/mol. The highest BCUT2D eigenvalue weighted by Crippen LogP contribution is 2.69. The van der Waals surface area contributed by atoms with E-state index in [4.69, 9.17) is 14.5 Å². The zero-order valence-corrected chi connectivity index (χ0v) is 27.7. The molecule has 228 valence electrons. The first-order valence-electron chi connectivity index (χ1n) is 15.6. The molecule has 1 saturated heterocycles. The van der Waals surface area contributed by atoms with Crippen LogP contribution in [-0.4, -0.2) is 46.3 Å². The quantitative estimate of drug-likeness (QED) is 0.188. The molecule has 6 rings (SSSR count). The zero-order chi connectivity index (χ0) is 30.8. The van der Waals surface area contributed by atoms with Crippen molar-refractivity contribution >= 4 is 25.2 Å². The van der Waals surface area contributed by atoms with Crippen molar-refractivity contribution in [3.8, 4) is 6.07 Å². The second-order valence-corrected chi connectivity index (χ2v) is 21.2. The summed E-state index contributed by atoms with van der Waals surface area (Å²) in [6.07, 6.45) is 13.3. The van der Waals surface area contributed by atoms with Crippen LogP contribution < -0.4 is 5.32 Å². The van der Waals surface area contributed by atoms with Gasteiger partial charge in [-0.2, -0.15) is 5.26 Å². The molecule has 2 fully saturated rings. The van der Waals surface area contributed by atoms with Gasteiger partial charge >= 0.3 is 0 Å². The molecule has 4 unspecified atom stereocenters. The number of aromatic nitrogens is 3. The first kappa shape index (κ1) is 30.0. The molecule has 43 heavy (non-hydrogen) atoms. The first-order valence-corrected chi connectivity index (χ1v) is 19.3. The van der Waals surface area contributed by atoms with Crippen LogP contribution in [0.1, 0.15) is 87.5 Å². The minimum Gasteiger partial charge on any atom is -0.361 e. The van der Waals surface area contributed by atoms with E-state index in [-0.39, 0.29) is 46.2 Å². The molecule has 4 atom stereocenters. The average Bonchev–Trinajstić information content (AvgIpc) is 3.42. The van der Waals surface area contributed by atoms with E-state index in [9.17, 15) is 10.1 Å². The predicted octanol–water partition coefficient (Wildman–Crippen LogP) is 7.07. The maximum absolute atomic E-state index is 13.7. The van der Waals surface area contributed by atoms with E-state index in [1.165, 1.54) is 5.57 Å². The second-order valence-electron chi connectivity index (χ2n) is 15.5. The van der Waals surface area contributed by atoms with Gasteiger partial charge in [0.05, 0.1) is 22.6 Å². The molecule has 4 heterocycles. The standard InChI is InChI=1S/C34H45N5O3Si/c1-31(2)12-10-23(11-13-31)28-25(8-9-27(38-28)34-18-26(34)33(4)15-14-32(3,21-34)42-33)37-30(40)29-36-24(19-35)20-39(29)22-41-16-17-43(5,6)7/h8-10,14-15,20,26H,11-13,16-18,21-22H2,1-7H3,(H,37,40). The number of nitriles is 1. The Kier molecular flexibility index (Phi) is 7.15. The number of rotatable bonds is 9. The molecule has 2 aliphatic carbocycles. The molecular weight excluding hydrogens is 554 g/mol. The molecule has 2 aromatic heterocycles. The summed E-state index contributed by atoms with van der Waals surface area (Å²) < 4.78 is 14.0. The number of amides is 1. The van der Waals surface area contributed by atoms with E-state index in [1.54, 1.807) is 10.8 Å². The van der Waals surface area contributed by atoms with Crippen LogP contribution in [-0.2, 0) is 21.6 Å². The van der Waals surface area contributed by atoms with Crippen LogP contribution in [0.3, 0.4) is 0 Å². The molecule has 0 radical (unpaired) electrons. The molecule has 4 aliphatic rings. The number of ether oxygens (including phenoxy) is 2. The van der Waals surface area contributed by atoms with Crippen LogP contribution in [0.25, 0.3) is 5.57 Å². The molecular formula is C34H45N5O3Si. The van der Waals surface area contributed by atoms with Crippen molar-refractivity contribution in [1.82, 2.24) is 14.5 Å². The smallest absolute Gasteiger partial charge is 0.291 e. The van der Waals surface area contributed by atoms with E-state index in [0.717, 1.165) is 49.5 Å². The van der Waals surface area contributed by atoms with Crippen LogP contribution in [0.15, 0.2) is 36.6 Å². The summed E-state index contributed by atoms with van der Waals surface area (Å²) in [6.45, 7) is 16.6. The lowest BCUT2D eigenvalue weighted by molar-refractivity contribution is -0.117. The Bertz CT molecular complexity index is 1560. The van der Waals surface area contributed by atoms with Gasteiger partial charge in [-0.15, -0.1) is 0 Å². The average molecular weight is 600 g/mol. The Hall–Kier alpha value is -3.06. The molecule has 8 nitrogen and oxygen atoms in total. The van der Waals surface area contributed by atoms with Crippen molar-refractivity contribution in [3.63, 3.8) is 0 Å². The molecule has 1 saturated carbocycles. The van der Waals surface area contributed by atoms with Crippen LogP contribution in [0.2, 0.25) is 25.7 Å². The Labute approximate surface area is 256 Å². The number of carbonyl (C=O) groups excluding carboxylic acids is 1. The number of carbonyl (C=O) groups is 1. The Morgan fingerprint density at radius 1 is 1.21 bits per heavy atom. The number of allylic oxidation sites excluding steroid dienone is 2. The van der Waals surface area contributed by atoms with Gasteiger partial charge in [-0.25, -0.2) is 4.98 Å². The van der Waals surface area contributed by atoms with Crippen LogP contribution in [0.5, 0.6) is 0 Å². The Morgan fingerprint density at radius 3 is 2.70 bits per heavy atom. The molecule has 2 aromatic rings. The van der Waals surface area contributed by atoms with Gasteiger partial charge in [0.1, 0.15) is 12.8 Å². The minimum absolute atomic E-state index is 0.0256. The third-order valence-corrected chi connectivity index (χ3v) is 11.6. The van der Waals surface area contributed by atoms with Crippen molar-refractivity contribution in [3.05, 3.63) is 59.5 Å². The summed E-state index contributed by atoms with van der Waals surface area (Å²) in [7, 11) is -1.25. The highest BCUT2D eigenvalue weighted by molar-refractivity contribution is 6.76. The van der Waals surface area contributed by atoms with Gasteiger partial charge in [0.15, 0.2) is 5.69 Å². The third kappa shape index (κ3) is 5.77. The number of fused-ring (bicyclic) bond motifs is 4. The maximum atomic E-state index is 13.7. The molecule has 2 aliphatic heterocycles. The normalized spacial score (nSPS) is 30.4. The fourth-order valence-corrected chi connectivity index (χ4v) is 8.05. The van der Waals surface area contributed by atoms with Gasteiger partial charge in [-0.05, 0) is 75.1 Å². The Morgan fingerprint density at radius 2 is 2.00 bits per heavy atom. The molecule has 0 spiro atoms. The van der Waals surface area contributed by atoms with Crippen molar-refractivity contribution in [2.24, 2.45) is 11.3 Å². The summed E-state index contributed by atoms with van der Waals surface area (Å²) in [4.78, 5) is 23.4. The lowest BCUT2D eigenvalue weighted by atomic mass is 9.77. The largest absolute Gasteiger partial charge is 0.361 e. The van der Waals surface area contributed by atoms with Gasteiger partial charge < -0.3 is 19.4 Å². The van der Waals surface area contributed by atoms with Gasteiger partial charge in [0.2, 0.25) is 5.82 Å². The fourth-order valence-electron chi connectivity index (χ4n) is 7.29. The summed E-state index contributed by atoms with van der Waals surface area (Å²) >= 11 is 0. The maximum Gasteiger partial charge on any atom is 0.291 e. The lowest BCUT2D eigenvalue weighted by Crippen LogP contribution is -2.44. The number of pyridine rings is 1. The number of anilines is 1. The van der Waals surface area contributed by atoms with Crippen LogP contribution >= 0.6 is 0 Å². The predicted molar refractivity (Wildman–Crippen MR) is 170 cm³/mol. The molecule has 2 bridgehead atoms. The van der Waals surface area contributed by atoms with Crippen LogP contribution in [0.4, 0.5) is 5.69 Å². The molecule has 1 N–H and O–H groups in total. The Balaban J connectivity index is 1.30. The zero-order valence-electron chi connectivity index (χ0n) is 26.7. The minimum atomic E-state index is -1.25. The molecule has 9 heteroatoms. The topological polar surface area (TPSA) is 102 Å². The summed E-state index contributed by atoms with van der Waals surface area (Å²) in [5, 5.41) is 12.6. The number of nitrogens with zero attached hydrogens (tertiary/aromatic N) is 4. The second kappa shape index (κ2) is 10.3. The number of nitrogens with one attached hydrogen (secondary N) is 1. The van der Waals surface area contributed by atoms with Crippen molar-refractivity contribution in [1.29, 1.82) is 5.26 Å².